The second-order valence-corrected chi connectivity index (χ2v) is 5.24. The summed E-state index contributed by atoms with van der Waals surface area (Å²) in [4.78, 5) is 17.2. The largest absolute Gasteiger partial charge is 0.484 e. The fourth-order valence-corrected chi connectivity index (χ4v) is 1.48. The van der Waals surface area contributed by atoms with Crippen LogP contribution >= 0.6 is 0 Å². The van der Waals surface area contributed by atoms with E-state index >= 15 is 0 Å². The van der Waals surface area contributed by atoms with Crippen molar-refractivity contribution in [1.82, 2.24) is 10.2 Å². The predicted octanol–water partition coefficient (Wildman–Crippen LogP) is 1.13. The molecule has 1 aromatic carbocycles. The molecule has 1 rings (SSSR count). The molecule has 3 N–H and O–H groups in total. The molecular weight excluding hydrogens is 280 g/mol. The van der Waals surface area contributed by atoms with Crippen molar-refractivity contribution in [3.63, 3.8) is 0 Å². The molecule has 0 unspecified atom stereocenters. The van der Waals surface area contributed by atoms with Crippen LogP contribution in [0.1, 0.15) is 12.5 Å². The first-order chi connectivity index (χ1) is 10.4. The topological polar surface area (TPSA) is 80.0 Å². The lowest BCUT2D eigenvalue weighted by Crippen LogP contribution is -2.32. The average Bonchev–Trinajstić information content (AvgIpc) is 2.48. The number of rotatable bonds is 7. The first-order valence-corrected chi connectivity index (χ1v) is 6.98. The van der Waals surface area contributed by atoms with Crippen molar-refractivity contribution in [2.75, 3.05) is 27.2 Å². The van der Waals surface area contributed by atoms with Gasteiger partial charge in [-0.25, -0.2) is 4.99 Å². The Balaban J connectivity index is 2.55. The van der Waals surface area contributed by atoms with Crippen LogP contribution in [0.25, 0.3) is 0 Å². The lowest BCUT2D eigenvalue weighted by atomic mass is 10.2. The molecule has 1 amide bonds. The Labute approximate surface area is 131 Å². The Kier molecular flexibility index (Phi) is 6.95. The normalized spacial score (nSPS) is 11.0. The third kappa shape index (κ3) is 6.78. The van der Waals surface area contributed by atoms with E-state index in [1.807, 2.05) is 25.1 Å². The van der Waals surface area contributed by atoms with Gasteiger partial charge in [0.05, 0.1) is 6.54 Å². The molecule has 0 aliphatic carbocycles. The first kappa shape index (κ1) is 17.6. The van der Waals surface area contributed by atoms with Crippen LogP contribution in [0.2, 0.25) is 0 Å². The molecule has 0 fully saturated rings. The van der Waals surface area contributed by atoms with E-state index in [-0.39, 0.29) is 12.5 Å². The number of nitrogens with zero attached hydrogens (tertiary/aromatic N) is 2. The number of likely N-dealkylation sites (N-methyl/N-ethyl adjacent to an activating group) is 1. The van der Waals surface area contributed by atoms with Crippen LogP contribution < -0.4 is 15.8 Å². The zero-order valence-electron chi connectivity index (χ0n) is 13.4. The van der Waals surface area contributed by atoms with Crippen molar-refractivity contribution in [3.05, 3.63) is 42.0 Å². The minimum atomic E-state index is -0.0864. The van der Waals surface area contributed by atoms with Crippen LogP contribution in [0.5, 0.6) is 5.75 Å². The van der Waals surface area contributed by atoms with E-state index in [0.29, 0.717) is 24.8 Å². The van der Waals surface area contributed by atoms with E-state index < -0.39 is 0 Å². The van der Waals surface area contributed by atoms with Crippen molar-refractivity contribution < 1.29 is 9.53 Å². The molecule has 0 bridgehead atoms. The van der Waals surface area contributed by atoms with Crippen molar-refractivity contribution in [3.8, 4) is 5.75 Å². The minimum absolute atomic E-state index is 0.0159. The second-order valence-electron chi connectivity index (χ2n) is 5.24. The molecule has 6 nitrogen and oxygen atoms in total. The molecule has 0 heterocycles. The highest BCUT2D eigenvalue weighted by atomic mass is 16.5. The Morgan fingerprint density at radius 2 is 2.18 bits per heavy atom. The highest BCUT2D eigenvalue weighted by Gasteiger charge is 2.05. The van der Waals surface area contributed by atoms with Crippen LogP contribution in [0.3, 0.4) is 0 Å². The van der Waals surface area contributed by atoms with Gasteiger partial charge in [0.15, 0.2) is 12.6 Å². The number of carbonyl (C=O) groups is 1. The van der Waals surface area contributed by atoms with E-state index in [1.54, 1.807) is 20.2 Å². The summed E-state index contributed by atoms with van der Waals surface area (Å²) in [6.45, 7) is 6.75. The Morgan fingerprint density at radius 1 is 1.45 bits per heavy atom. The number of hydrogen-bond acceptors (Lipinski definition) is 3. The predicted molar refractivity (Wildman–Crippen MR) is 88.8 cm³/mol. The fraction of sp³-hybridized carbons (Fsp3) is 0.375. The number of amides is 1. The zero-order chi connectivity index (χ0) is 16.5. The monoisotopic (exact) mass is 304 g/mol. The number of nitrogens with two attached hydrogens (primary N) is 1. The Hall–Kier alpha value is -2.50. The van der Waals surface area contributed by atoms with E-state index in [0.717, 1.165) is 11.1 Å². The molecule has 0 saturated carbocycles. The van der Waals surface area contributed by atoms with Gasteiger partial charge in [-0.2, -0.15) is 0 Å². The summed E-state index contributed by atoms with van der Waals surface area (Å²) in [6.07, 6.45) is 0. The van der Waals surface area contributed by atoms with Crippen molar-refractivity contribution in [2.45, 2.75) is 13.5 Å². The maximum atomic E-state index is 11.5. The molecule has 0 radical (unpaired) electrons. The standard InChI is InChI=1S/C16H24N4O2/c1-12(2)9-18-16(17)19-10-13-6-5-7-14(8-13)22-11-15(21)20(3)4/h5-8H,1,9-11H2,2-4H3,(H3,17,18,19). The van der Waals surface area contributed by atoms with Gasteiger partial charge in [-0.1, -0.05) is 24.3 Å². The molecule has 22 heavy (non-hydrogen) atoms. The Bertz CT molecular complexity index is 553. The number of guanidine groups is 1. The lowest BCUT2D eigenvalue weighted by molar-refractivity contribution is -0.130. The van der Waals surface area contributed by atoms with Crippen LogP contribution in [0.15, 0.2) is 41.4 Å². The van der Waals surface area contributed by atoms with Gasteiger partial charge in [0, 0.05) is 20.6 Å². The van der Waals surface area contributed by atoms with E-state index in [4.69, 9.17) is 10.5 Å². The molecule has 0 aromatic heterocycles. The molecule has 0 atom stereocenters. The zero-order valence-corrected chi connectivity index (χ0v) is 13.4. The molecule has 0 spiro atoms. The summed E-state index contributed by atoms with van der Waals surface area (Å²) in [5.41, 5.74) is 7.69. The second kappa shape index (κ2) is 8.71. The molecular formula is C16H24N4O2. The molecule has 0 saturated heterocycles. The number of benzene rings is 1. The van der Waals surface area contributed by atoms with Crippen LogP contribution in [-0.2, 0) is 11.3 Å². The third-order valence-electron chi connectivity index (χ3n) is 2.76. The van der Waals surface area contributed by atoms with Gasteiger partial charge in [-0.15, -0.1) is 0 Å². The van der Waals surface area contributed by atoms with Crippen LogP contribution in [-0.4, -0.2) is 44.0 Å². The summed E-state index contributed by atoms with van der Waals surface area (Å²) in [5, 5.41) is 2.97. The number of nitrogens with one attached hydrogen (secondary N) is 1. The number of hydrogen-bond donors (Lipinski definition) is 2. The highest BCUT2D eigenvalue weighted by molar-refractivity contribution is 5.78. The fourth-order valence-electron chi connectivity index (χ4n) is 1.48. The van der Waals surface area contributed by atoms with Crippen molar-refractivity contribution in [2.24, 2.45) is 10.7 Å². The van der Waals surface area contributed by atoms with Gasteiger partial charge in [0.1, 0.15) is 5.75 Å². The van der Waals surface area contributed by atoms with Gasteiger partial charge in [0.2, 0.25) is 0 Å². The average molecular weight is 304 g/mol. The number of carbonyl (C=O) groups excluding carboxylic acids is 1. The quantitative estimate of drug-likeness (QED) is 0.450. The lowest BCUT2D eigenvalue weighted by Gasteiger charge is -2.11. The van der Waals surface area contributed by atoms with Crippen molar-refractivity contribution >= 4 is 11.9 Å². The first-order valence-electron chi connectivity index (χ1n) is 6.98. The minimum Gasteiger partial charge on any atom is -0.484 e. The summed E-state index contributed by atoms with van der Waals surface area (Å²) in [7, 11) is 3.38. The van der Waals surface area contributed by atoms with E-state index in [1.165, 1.54) is 4.90 Å². The maximum Gasteiger partial charge on any atom is 0.259 e. The van der Waals surface area contributed by atoms with Gasteiger partial charge < -0.3 is 20.7 Å². The summed E-state index contributed by atoms with van der Waals surface area (Å²) < 4.78 is 5.46. The Morgan fingerprint density at radius 3 is 2.82 bits per heavy atom. The van der Waals surface area contributed by atoms with E-state index in [2.05, 4.69) is 16.9 Å². The SMILES string of the molecule is C=C(C)CNC(N)=NCc1cccc(OCC(=O)N(C)C)c1. The maximum absolute atomic E-state index is 11.5. The molecule has 1 aromatic rings. The number of aliphatic imine (C=N–C) groups is 1. The van der Waals surface area contributed by atoms with Crippen molar-refractivity contribution in [1.29, 1.82) is 0 Å². The summed E-state index contributed by atoms with van der Waals surface area (Å²) >= 11 is 0. The summed E-state index contributed by atoms with van der Waals surface area (Å²) in [6, 6.07) is 7.44. The molecule has 6 heteroatoms. The van der Waals surface area contributed by atoms with Gasteiger partial charge in [-0.05, 0) is 24.6 Å². The number of ether oxygens (including phenoxy) is 1. The smallest absolute Gasteiger partial charge is 0.259 e. The molecule has 120 valence electrons. The van der Waals surface area contributed by atoms with Crippen LogP contribution in [0, 0.1) is 0 Å². The highest BCUT2D eigenvalue weighted by Crippen LogP contribution is 2.14. The van der Waals surface area contributed by atoms with Gasteiger partial charge in [-0.3, -0.25) is 4.79 Å². The molecule has 0 aliphatic rings. The summed E-state index contributed by atoms with van der Waals surface area (Å²) in [5.74, 6) is 0.921. The van der Waals surface area contributed by atoms with E-state index in [9.17, 15) is 4.79 Å². The van der Waals surface area contributed by atoms with Gasteiger partial charge in [0.25, 0.3) is 5.91 Å². The van der Waals surface area contributed by atoms with Gasteiger partial charge >= 0.3 is 0 Å². The molecule has 0 aliphatic heterocycles. The third-order valence-corrected chi connectivity index (χ3v) is 2.76. The van der Waals surface area contributed by atoms with Crippen LogP contribution in [0.4, 0.5) is 0 Å².